The molecule has 2 rings (SSSR count). The molecule has 1 aliphatic carbocycles. The van der Waals surface area contributed by atoms with Gasteiger partial charge in [-0.15, -0.1) is 0 Å². The second-order valence-electron chi connectivity index (χ2n) is 3.13. The van der Waals surface area contributed by atoms with Crippen LogP contribution < -0.4 is 5.73 Å². The van der Waals surface area contributed by atoms with Crippen molar-refractivity contribution in [3.63, 3.8) is 0 Å². The smallest absolute Gasteiger partial charge is 0.314 e. The molecule has 1 saturated carbocycles. The van der Waals surface area contributed by atoms with Crippen LogP contribution in [0.25, 0.3) is 0 Å². The lowest BCUT2D eigenvalue weighted by molar-refractivity contribution is 0.0603. The monoisotopic (exact) mass is 162 g/mol. The van der Waals surface area contributed by atoms with E-state index in [2.05, 4.69) is 0 Å². The van der Waals surface area contributed by atoms with Gasteiger partial charge in [0, 0.05) is 13.1 Å². The molecule has 2 fully saturated rings. The number of halogens is 2. The van der Waals surface area contributed by atoms with Gasteiger partial charge in [-0.05, 0) is 0 Å². The lowest BCUT2D eigenvalue weighted by atomic mass is 10.4. The topological polar surface area (TPSA) is 46.3 Å². The van der Waals surface area contributed by atoms with Crippen LogP contribution in [0, 0.1) is 11.8 Å². The van der Waals surface area contributed by atoms with Crippen molar-refractivity contribution < 1.29 is 13.6 Å². The summed E-state index contributed by atoms with van der Waals surface area (Å²) in [6.45, 7) is 0.264. The summed E-state index contributed by atoms with van der Waals surface area (Å²) in [5.74, 6) is -3.75. The van der Waals surface area contributed by atoms with Crippen molar-refractivity contribution in [2.45, 2.75) is 5.92 Å². The van der Waals surface area contributed by atoms with E-state index in [4.69, 9.17) is 5.73 Å². The molecule has 0 aromatic carbocycles. The summed E-state index contributed by atoms with van der Waals surface area (Å²) in [7, 11) is 0. The van der Waals surface area contributed by atoms with Gasteiger partial charge in [0.1, 0.15) is 0 Å². The molecule has 0 aromatic rings. The first kappa shape index (κ1) is 6.82. The summed E-state index contributed by atoms with van der Waals surface area (Å²) in [6, 6.07) is -0.590. The molecule has 1 saturated heterocycles. The summed E-state index contributed by atoms with van der Waals surface area (Å²) in [6.07, 6.45) is 0. The highest BCUT2D eigenvalue weighted by atomic mass is 19.3. The Morgan fingerprint density at radius 3 is 2.27 bits per heavy atom. The van der Waals surface area contributed by atoms with Crippen LogP contribution in [0.5, 0.6) is 0 Å². The van der Waals surface area contributed by atoms with E-state index < -0.39 is 23.8 Å². The number of amides is 2. The first-order valence-corrected chi connectivity index (χ1v) is 3.45. The van der Waals surface area contributed by atoms with Crippen molar-refractivity contribution >= 4 is 6.03 Å². The van der Waals surface area contributed by atoms with Gasteiger partial charge < -0.3 is 10.6 Å². The fraction of sp³-hybridized carbons (Fsp3) is 0.833. The third-order valence-electron chi connectivity index (χ3n) is 2.51. The number of nitrogens with two attached hydrogens (primary N) is 1. The Hall–Kier alpha value is -0.870. The molecule has 1 heterocycles. The molecule has 0 aromatic heterocycles. The molecule has 0 radical (unpaired) electrons. The van der Waals surface area contributed by atoms with Crippen LogP contribution in [0.15, 0.2) is 0 Å². The van der Waals surface area contributed by atoms with Crippen LogP contribution in [0.4, 0.5) is 13.6 Å². The zero-order valence-corrected chi connectivity index (χ0v) is 5.76. The Bertz CT molecular complexity index is 205. The van der Waals surface area contributed by atoms with E-state index in [1.165, 1.54) is 4.90 Å². The molecule has 62 valence electrons. The van der Waals surface area contributed by atoms with E-state index in [-0.39, 0.29) is 13.1 Å². The number of carbonyl (C=O) groups is 1. The molecule has 11 heavy (non-hydrogen) atoms. The highest BCUT2D eigenvalue weighted by Gasteiger charge is 2.72. The standard InChI is InChI=1S/C6H8F2N2O/c7-6(8)3-1-10(5(9)11)2-4(3)6/h3-4H,1-2H2,(H2,9,11). The van der Waals surface area contributed by atoms with E-state index in [1.54, 1.807) is 0 Å². The quantitative estimate of drug-likeness (QED) is 0.545. The number of primary amides is 1. The van der Waals surface area contributed by atoms with Gasteiger partial charge in [-0.3, -0.25) is 0 Å². The number of carbonyl (C=O) groups excluding carboxylic acids is 1. The minimum Gasteiger partial charge on any atom is -0.351 e. The average molecular weight is 162 g/mol. The van der Waals surface area contributed by atoms with Gasteiger partial charge in [-0.2, -0.15) is 0 Å². The summed E-state index contributed by atoms with van der Waals surface area (Å²) >= 11 is 0. The summed E-state index contributed by atoms with van der Waals surface area (Å²) in [5, 5.41) is 0. The fourth-order valence-electron chi connectivity index (χ4n) is 1.69. The Morgan fingerprint density at radius 2 is 1.91 bits per heavy atom. The van der Waals surface area contributed by atoms with Crippen LogP contribution in [-0.4, -0.2) is 29.9 Å². The zero-order valence-electron chi connectivity index (χ0n) is 5.76. The Balaban J connectivity index is 2.00. The Labute approximate surface area is 62.1 Å². The van der Waals surface area contributed by atoms with E-state index in [0.717, 1.165) is 0 Å². The normalized spacial score (nSPS) is 38.5. The van der Waals surface area contributed by atoms with Gasteiger partial charge in [0.05, 0.1) is 11.8 Å². The van der Waals surface area contributed by atoms with Gasteiger partial charge in [-0.25, -0.2) is 13.6 Å². The van der Waals surface area contributed by atoms with Crippen LogP contribution in [0.2, 0.25) is 0 Å². The van der Waals surface area contributed by atoms with Crippen molar-refractivity contribution in [1.29, 1.82) is 0 Å². The maximum Gasteiger partial charge on any atom is 0.314 e. The number of fused-ring (bicyclic) bond motifs is 1. The zero-order chi connectivity index (χ0) is 8.22. The predicted molar refractivity (Wildman–Crippen MR) is 33.1 cm³/mol. The van der Waals surface area contributed by atoms with Crippen molar-refractivity contribution in [3.8, 4) is 0 Å². The molecule has 2 N–H and O–H groups in total. The van der Waals surface area contributed by atoms with Crippen LogP contribution in [0.3, 0.4) is 0 Å². The molecule has 5 heteroatoms. The maximum atomic E-state index is 12.5. The van der Waals surface area contributed by atoms with E-state index >= 15 is 0 Å². The Kier molecular flexibility index (Phi) is 1.02. The van der Waals surface area contributed by atoms with E-state index in [0.29, 0.717) is 0 Å². The minimum absolute atomic E-state index is 0.132. The number of piperidine rings is 1. The van der Waals surface area contributed by atoms with Crippen LogP contribution >= 0.6 is 0 Å². The lowest BCUT2D eigenvalue weighted by Crippen LogP contribution is -2.37. The van der Waals surface area contributed by atoms with Gasteiger partial charge in [-0.1, -0.05) is 0 Å². The number of alkyl halides is 2. The van der Waals surface area contributed by atoms with Gasteiger partial charge in [0.25, 0.3) is 5.92 Å². The second-order valence-corrected chi connectivity index (χ2v) is 3.13. The highest BCUT2D eigenvalue weighted by molar-refractivity contribution is 5.72. The van der Waals surface area contributed by atoms with Crippen molar-refractivity contribution in [1.82, 2.24) is 4.90 Å². The van der Waals surface area contributed by atoms with Crippen LogP contribution in [-0.2, 0) is 0 Å². The number of rotatable bonds is 0. The fourth-order valence-corrected chi connectivity index (χ4v) is 1.69. The second kappa shape index (κ2) is 1.65. The molecule has 0 spiro atoms. The lowest BCUT2D eigenvalue weighted by Gasteiger charge is -2.16. The number of nitrogens with zero attached hydrogens (tertiary/aromatic N) is 1. The number of urea groups is 1. The first-order valence-electron chi connectivity index (χ1n) is 3.45. The Morgan fingerprint density at radius 1 is 1.45 bits per heavy atom. The van der Waals surface area contributed by atoms with E-state index in [1.807, 2.05) is 0 Å². The largest absolute Gasteiger partial charge is 0.351 e. The third kappa shape index (κ3) is 0.735. The summed E-state index contributed by atoms with van der Waals surface area (Å²) in [5.41, 5.74) is 4.91. The van der Waals surface area contributed by atoms with Crippen molar-refractivity contribution in [2.75, 3.05) is 13.1 Å². The molecule has 2 unspecified atom stereocenters. The first-order chi connectivity index (χ1) is 5.03. The third-order valence-corrected chi connectivity index (χ3v) is 2.51. The van der Waals surface area contributed by atoms with Crippen LogP contribution in [0.1, 0.15) is 0 Å². The SMILES string of the molecule is NC(=O)N1CC2C(C1)C2(F)F. The number of hydrogen-bond donors (Lipinski definition) is 1. The molecular weight excluding hydrogens is 154 g/mol. The van der Waals surface area contributed by atoms with Gasteiger partial charge in [0.15, 0.2) is 0 Å². The molecule has 2 amide bonds. The molecule has 2 atom stereocenters. The minimum atomic E-state index is -2.52. The molecule has 2 aliphatic rings. The van der Waals surface area contributed by atoms with Crippen molar-refractivity contribution in [2.24, 2.45) is 17.6 Å². The summed E-state index contributed by atoms with van der Waals surface area (Å²) in [4.78, 5) is 11.8. The van der Waals surface area contributed by atoms with E-state index in [9.17, 15) is 13.6 Å². The average Bonchev–Trinajstić information content (AvgIpc) is 2.28. The summed E-state index contributed by atoms with van der Waals surface area (Å²) < 4.78 is 25.0. The highest BCUT2D eigenvalue weighted by Crippen LogP contribution is 2.59. The van der Waals surface area contributed by atoms with Crippen molar-refractivity contribution in [3.05, 3.63) is 0 Å². The number of hydrogen-bond acceptors (Lipinski definition) is 1. The molecule has 1 aliphatic heterocycles. The maximum absolute atomic E-state index is 12.5. The van der Waals surface area contributed by atoms with Gasteiger partial charge >= 0.3 is 6.03 Å². The molecular formula is C6H8F2N2O. The number of likely N-dealkylation sites (tertiary alicyclic amines) is 1. The predicted octanol–water partition coefficient (Wildman–Crippen LogP) is 0.262. The molecule has 0 bridgehead atoms. The van der Waals surface area contributed by atoms with Gasteiger partial charge in [0.2, 0.25) is 0 Å². The molecule has 3 nitrogen and oxygen atoms in total.